The zero-order valence-electron chi connectivity index (χ0n) is 13.7. The summed E-state index contributed by atoms with van der Waals surface area (Å²) in [7, 11) is 0. The van der Waals surface area contributed by atoms with E-state index >= 15 is 0 Å². The molecule has 2 aromatic heterocycles. The number of fused-ring (bicyclic) bond motifs is 1. The molecule has 1 aromatic carbocycles. The Kier molecular flexibility index (Phi) is 4.85. The molecular weight excluding hydrogens is 356 g/mol. The van der Waals surface area contributed by atoms with Crippen molar-refractivity contribution in [1.82, 2.24) is 14.9 Å². The first-order valence-corrected chi connectivity index (χ1v) is 9.55. The van der Waals surface area contributed by atoms with Crippen molar-refractivity contribution >= 4 is 39.0 Å². The van der Waals surface area contributed by atoms with Crippen LogP contribution in [0.4, 0.5) is 5.82 Å². The number of halogens is 1. The molecular formula is C18H19ClN4OS. The van der Waals surface area contributed by atoms with Crippen LogP contribution in [0.3, 0.4) is 0 Å². The largest absolute Gasteiger partial charge is 0.395 e. The monoisotopic (exact) mass is 374 g/mol. The van der Waals surface area contributed by atoms with Crippen molar-refractivity contribution in [3.63, 3.8) is 0 Å². The Morgan fingerprint density at radius 3 is 2.56 bits per heavy atom. The van der Waals surface area contributed by atoms with Gasteiger partial charge in [-0.05, 0) is 23.2 Å². The van der Waals surface area contributed by atoms with E-state index in [9.17, 15) is 0 Å². The second-order valence-corrected chi connectivity index (χ2v) is 7.43. The standard InChI is InChI=1S/C18H19ClN4OS/c19-18-20-16(23-8-6-22(7-9-23)10-11-24)14-12-15(25-17(14)21-18)13-4-2-1-3-5-13/h1-5,12,24H,6-11H2. The molecule has 5 nitrogen and oxygen atoms in total. The van der Waals surface area contributed by atoms with Crippen LogP contribution in [0.25, 0.3) is 20.7 Å². The number of benzene rings is 1. The van der Waals surface area contributed by atoms with Gasteiger partial charge in [-0.25, -0.2) is 4.98 Å². The predicted molar refractivity (Wildman–Crippen MR) is 104 cm³/mol. The Balaban J connectivity index is 1.68. The highest BCUT2D eigenvalue weighted by Gasteiger charge is 2.21. The molecule has 0 atom stereocenters. The number of nitrogens with zero attached hydrogens (tertiary/aromatic N) is 4. The molecule has 4 rings (SSSR count). The minimum absolute atomic E-state index is 0.203. The highest BCUT2D eigenvalue weighted by Crippen LogP contribution is 2.37. The Morgan fingerprint density at radius 1 is 1.08 bits per heavy atom. The number of β-amino-alcohol motifs (C(OH)–C–C–N with tert-alkyl or cyclic N) is 1. The minimum atomic E-state index is 0.203. The summed E-state index contributed by atoms with van der Waals surface area (Å²) < 4.78 is 0. The van der Waals surface area contributed by atoms with Crippen LogP contribution in [-0.2, 0) is 0 Å². The molecule has 0 amide bonds. The van der Waals surface area contributed by atoms with Crippen molar-refractivity contribution < 1.29 is 5.11 Å². The summed E-state index contributed by atoms with van der Waals surface area (Å²) in [5.41, 5.74) is 1.18. The highest BCUT2D eigenvalue weighted by molar-refractivity contribution is 7.22. The van der Waals surface area contributed by atoms with Crippen LogP contribution in [0, 0.1) is 0 Å². The third kappa shape index (κ3) is 3.48. The van der Waals surface area contributed by atoms with Gasteiger partial charge in [0.25, 0.3) is 0 Å². The fourth-order valence-electron chi connectivity index (χ4n) is 3.19. The summed E-state index contributed by atoms with van der Waals surface area (Å²) in [6.07, 6.45) is 0. The number of thiophene rings is 1. The fourth-order valence-corrected chi connectivity index (χ4v) is 4.44. The number of piperazine rings is 1. The van der Waals surface area contributed by atoms with Crippen LogP contribution < -0.4 is 4.90 Å². The summed E-state index contributed by atoms with van der Waals surface area (Å²) in [6, 6.07) is 12.5. The van der Waals surface area contributed by atoms with Crippen LogP contribution >= 0.6 is 22.9 Å². The molecule has 25 heavy (non-hydrogen) atoms. The Bertz CT molecular complexity index is 862. The van der Waals surface area contributed by atoms with Crippen LogP contribution in [0.1, 0.15) is 0 Å². The van der Waals surface area contributed by atoms with E-state index in [1.165, 1.54) is 10.4 Å². The maximum absolute atomic E-state index is 9.10. The Morgan fingerprint density at radius 2 is 1.84 bits per heavy atom. The number of aliphatic hydroxyl groups is 1. The molecule has 0 bridgehead atoms. The van der Waals surface area contributed by atoms with Gasteiger partial charge in [0.05, 0.1) is 12.0 Å². The lowest BCUT2D eigenvalue weighted by atomic mass is 10.2. The molecule has 3 aromatic rings. The number of aromatic nitrogens is 2. The van der Waals surface area contributed by atoms with E-state index < -0.39 is 0 Å². The highest BCUT2D eigenvalue weighted by atomic mass is 35.5. The first-order chi connectivity index (χ1) is 12.2. The van der Waals surface area contributed by atoms with Crippen LogP contribution in [0.2, 0.25) is 5.28 Å². The predicted octanol–water partition coefficient (Wildman–Crippen LogP) is 3.13. The lowest BCUT2D eigenvalue weighted by molar-refractivity contribution is 0.188. The van der Waals surface area contributed by atoms with Gasteiger partial charge >= 0.3 is 0 Å². The summed E-state index contributed by atoms with van der Waals surface area (Å²) in [6.45, 7) is 4.51. The number of aliphatic hydroxyl groups excluding tert-OH is 1. The van der Waals surface area contributed by atoms with Crippen molar-refractivity contribution in [2.75, 3.05) is 44.2 Å². The third-order valence-corrected chi connectivity index (χ3v) is 5.74. The van der Waals surface area contributed by atoms with Gasteiger partial charge in [0.15, 0.2) is 0 Å². The summed E-state index contributed by atoms with van der Waals surface area (Å²) in [4.78, 5) is 15.6. The van der Waals surface area contributed by atoms with E-state index in [-0.39, 0.29) is 6.61 Å². The van der Waals surface area contributed by atoms with Gasteiger partial charge in [0.1, 0.15) is 10.6 Å². The van der Waals surface area contributed by atoms with Crippen molar-refractivity contribution in [2.45, 2.75) is 0 Å². The van der Waals surface area contributed by atoms with E-state index in [2.05, 4.69) is 38.0 Å². The van der Waals surface area contributed by atoms with Gasteiger partial charge in [0.2, 0.25) is 5.28 Å². The summed E-state index contributed by atoms with van der Waals surface area (Å²) >= 11 is 7.84. The van der Waals surface area contributed by atoms with Crippen molar-refractivity contribution in [1.29, 1.82) is 0 Å². The maximum atomic E-state index is 9.10. The van der Waals surface area contributed by atoms with Gasteiger partial charge in [-0.1, -0.05) is 30.3 Å². The van der Waals surface area contributed by atoms with Gasteiger partial charge in [-0.3, -0.25) is 4.90 Å². The molecule has 7 heteroatoms. The van der Waals surface area contributed by atoms with Gasteiger partial charge in [-0.15, -0.1) is 11.3 Å². The molecule has 3 heterocycles. The second kappa shape index (κ2) is 7.25. The molecule has 1 aliphatic heterocycles. The first-order valence-electron chi connectivity index (χ1n) is 8.35. The number of hydrogen-bond acceptors (Lipinski definition) is 6. The van der Waals surface area contributed by atoms with Crippen LogP contribution in [0.15, 0.2) is 36.4 Å². The molecule has 1 N–H and O–H groups in total. The third-order valence-electron chi connectivity index (χ3n) is 4.49. The lowest BCUT2D eigenvalue weighted by Gasteiger charge is -2.35. The average molecular weight is 375 g/mol. The Hall–Kier alpha value is -1.73. The SMILES string of the molecule is OCCN1CCN(c2nc(Cl)nc3sc(-c4ccccc4)cc23)CC1. The molecule has 1 aliphatic rings. The van der Waals surface area contributed by atoms with E-state index in [0.717, 1.165) is 48.8 Å². The number of hydrogen-bond donors (Lipinski definition) is 1. The molecule has 0 unspecified atom stereocenters. The van der Waals surface area contributed by atoms with Gasteiger partial charge < -0.3 is 10.0 Å². The van der Waals surface area contributed by atoms with Gasteiger partial charge in [0, 0.05) is 37.6 Å². The van der Waals surface area contributed by atoms with Crippen LogP contribution in [-0.4, -0.2) is 59.3 Å². The van der Waals surface area contributed by atoms with Crippen molar-refractivity contribution in [2.24, 2.45) is 0 Å². The zero-order valence-corrected chi connectivity index (χ0v) is 15.3. The van der Waals surface area contributed by atoms with E-state index in [0.29, 0.717) is 5.28 Å². The smallest absolute Gasteiger partial charge is 0.225 e. The Labute approximate surface area is 155 Å². The summed E-state index contributed by atoms with van der Waals surface area (Å²) in [5, 5.41) is 10.5. The van der Waals surface area contributed by atoms with Crippen LogP contribution in [0.5, 0.6) is 0 Å². The maximum Gasteiger partial charge on any atom is 0.225 e. The van der Waals surface area contributed by atoms with Crippen molar-refractivity contribution in [3.8, 4) is 10.4 Å². The molecule has 0 saturated carbocycles. The second-order valence-electron chi connectivity index (χ2n) is 6.06. The van der Waals surface area contributed by atoms with E-state index in [1.807, 2.05) is 18.2 Å². The first kappa shape index (κ1) is 16.7. The fraction of sp³-hybridized carbons (Fsp3) is 0.333. The topological polar surface area (TPSA) is 52.5 Å². The molecule has 0 radical (unpaired) electrons. The molecule has 130 valence electrons. The lowest BCUT2D eigenvalue weighted by Crippen LogP contribution is -2.47. The molecule has 1 fully saturated rings. The minimum Gasteiger partial charge on any atom is -0.395 e. The van der Waals surface area contributed by atoms with E-state index in [4.69, 9.17) is 16.7 Å². The summed E-state index contributed by atoms with van der Waals surface area (Å²) in [5.74, 6) is 0.914. The average Bonchev–Trinajstić information content (AvgIpc) is 3.07. The quantitative estimate of drug-likeness (QED) is 0.711. The molecule has 1 saturated heterocycles. The normalized spacial score (nSPS) is 15.8. The number of anilines is 1. The zero-order chi connectivity index (χ0) is 17.2. The van der Waals surface area contributed by atoms with Crippen molar-refractivity contribution in [3.05, 3.63) is 41.7 Å². The molecule has 0 spiro atoms. The molecule has 0 aliphatic carbocycles. The van der Waals surface area contributed by atoms with Gasteiger partial charge in [-0.2, -0.15) is 4.98 Å². The van der Waals surface area contributed by atoms with E-state index in [1.54, 1.807) is 11.3 Å². The number of rotatable bonds is 4.